The van der Waals surface area contributed by atoms with Crippen molar-refractivity contribution in [3.05, 3.63) is 112 Å². The van der Waals surface area contributed by atoms with Crippen molar-refractivity contribution in [3.63, 3.8) is 0 Å². The summed E-state index contributed by atoms with van der Waals surface area (Å²) in [6, 6.07) is 18.4. The molecule has 0 saturated heterocycles. The SMILES string of the molecule is O=C1C[C@H](c2ccc(-c3ccc(C(=O)O)cc3)o2)c2c(ccc3c(=O)c(-c4ccc(F)cc4)coc23)O1. The number of carbonyl (C=O) groups excluding carboxylic acids is 1. The standard InChI is InChI=1S/C29H17FO7/c30-18-7-5-15(6-8-18)21-14-35-28-19(27(21)32)9-10-24-26(28)20(13-25(31)37-24)23-12-11-22(36-23)16-1-3-17(4-2-16)29(33)34/h1-12,14,20H,13H2,(H,33,34)/t20-/m1/s1. The van der Waals surface area contributed by atoms with E-state index in [1.807, 2.05) is 0 Å². The van der Waals surface area contributed by atoms with Gasteiger partial charge >= 0.3 is 11.9 Å². The average molecular weight is 496 g/mol. The van der Waals surface area contributed by atoms with Gasteiger partial charge in [0.05, 0.1) is 28.9 Å². The molecule has 0 spiro atoms. The largest absolute Gasteiger partial charge is 0.478 e. The Morgan fingerprint density at radius 1 is 0.892 bits per heavy atom. The summed E-state index contributed by atoms with van der Waals surface area (Å²) >= 11 is 0. The predicted octanol–water partition coefficient (Wildman–Crippen LogP) is 6.00. The van der Waals surface area contributed by atoms with Crippen molar-refractivity contribution in [2.75, 3.05) is 0 Å². The number of rotatable bonds is 4. The zero-order chi connectivity index (χ0) is 25.7. The molecule has 3 heterocycles. The number of aromatic carboxylic acids is 1. The van der Waals surface area contributed by atoms with Gasteiger partial charge in [0.15, 0.2) is 0 Å². The van der Waals surface area contributed by atoms with Crippen LogP contribution >= 0.6 is 0 Å². The maximum absolute atomic E-state index is 13.4. The lowest BCUT2D eigenvalue weighted by Gasteiger charge is -2.23. The van der Waals surface area contributed by atoms with Crippen molar-refractivity contribution in [2.24, 2.45) is 0 Å². The summed E-state index contributed by atoms with van der Waals surface area (Å²) in [5.41, 5.74) is 2.11. The summed E-state index contributed by atoms with van der Waals surface area (Å²) in [6.07, 6.45) is 1.30. The Labute approximate surface area is 208 Å². The second kappa shape index (κ2) is 8.60. The third kappa shape index (κ3) is 3.88. The van der Waals surface area contributed by atoms with Gasteiger partial charge in [-0.2, -0.15) is 0 Å². The molecule has 0 unspecified atom stereocenters. The van der Waals surface area contributed by atoms with Gasteiger partial charge in [0.25, 0.3) is 0 Å². The highest BCUT2D eigenvalue weighted by molar-refractivity contribution is 5.90. The van der Waals surface area contributed by atoms with E-state index >= 15 is 0 Å². The second-order valence-corrected chi connectivity index (χ2v) is 8.65. The van der Waals surface area contributed by atoms with E-state index in [-0.39, 0.29) is 34.3 Å². The summed E-state index contributed by atoms with van der Waals surface area (Å²) in [5.74, 6) is -1.24. The van der Waals surface area contributed by atoms with Crippen LogP contribution in [0.4, 0.5) is 4.39 Å². The van der Waals surface area contributed by atoms with Gasteiger partial charge in [-0.1, -0.05) is 24.3 Å². The summed E-state index contributed by atoms with van der Waals surface area (Å²) in [5, 5.41) is 9.42. The van der Waals surface area contributed by atoms with Gasteiger partial charge in [-0.05, 0) is 54.1 Å². The molecule has 2 aromatic heterocycles. The summed E-state index contributed by atoms with van der Waals surface area (Å²) < 4.78 is 30.8. The van der Waals surface area contributed by atoms with Gasteiger partial charge in [-0.3, -0.25) is 9.59 Å². The van der Waals surface area contributed by atoms with Crippen molar-refractivity contribution in [3.8, 4) is 28.2 Å². The van der Waals surface area contributed by atoms with Gasteiger partial charge in [0.2, 0.25) is 5.43 Å². The number of benzene rings is 3. The molecule has 182 valence electrons. The molecule has 0 bridgehead atoms. The van der Waals surface area contributed by atoms with Crippen LogP contribution in [-0.2, 0) is 4.79 Å². The minimum atomic E-state index is -1.03. The molecule has 1 N–H and O–H groups in total. The monoisotopic (exact) mass is 496 g/mol. The highest BCUT2D eigenvalue weighted by atomic mass is 19.1. The molecule has 0 radical (unpaired) electrons. The van der Waals surface area contributed by atoms with Gasteiger partial charge in [0, 0.05) is 11.1 Å². The molecule has 0 fully saturated rings. The number of esters is 1. The first-order valence-corrected chi connectivity index (χ1v) is 11.4. The molecule has 7 nitrogen and oxygen atoms in total. The molecule has 1 aliphatic heterocycles. The van der Waals surface area contributed by atoms with E-state index in [9.17, 15) is 18.8 Å². The zero-order valence-electron chi connectivity index (χ0n) is 19.1. The van der Waals surface area contributed by atoms with Crippen LogP contribution in [-0.4, -0.2) is 17.0 Å². The van der Waals surface area contributed by atoms with E-state index in [2.05, 4.69) is 0 Å². The number of carbonyl (C=O) groups is 2. The van der Waals surface area contributed by atoms with E-state index in [4.69, 9.17) is 18.7 Å². The van der Waals surface area contributed by atoms with Crippen molar-refractivity contribution < 1.29 is 32.7 Å². The maximum atomic E-state index is 13.4. The van der Waals surface area contributed by atoms with Gasteiger partial charge in [-0.25, -0.2) is 9.18 Å². The highest BCUT2D eigenvalue weighted by Crippen LogP contribution is 2.44. The molecular formula is C29H17FO7. The zero-order valence-corrected chi connectivity index (χ0v) is 19.1. The van der Waals surface area contributed by atoms with Crippen molar-refractivity contribution in [1.29, 1.82) is 0 Å². The fraction of sp³-hybridized carbons (Fsp3) is 0.0690. The third-order valence-electron chi connectivity index (χ3n) is 6.42. The molecular weight excluding hydrogens is 479 g/mol. The van der Waals surface area contributed by atoms with E-state index in [0.29, 0.717) is 33.6 Å². The molecule has 1 aliphatic rings. The number of ether oxygens (including phenoxy) is 1. The fourth-order valence-electron chi connectivity index (χ4n) is 4.60. The lowest BCUT2D eigenvalue weighted by molar-refractivity contribution is -0.135. The van der Waals surface area contributed by atoms with Crippen molar-refractivity contribution in [2.45, 2.75) is 12.3 Å². The third-order valence-corrected chi connectivity index (χ3v) is 6.42. The van der Waals surface area contributed by atoms with E-state index in [1.54, 1.807) is 36.4 Å². The Kier molecular flexibility index (Phi) is 5.22. The smallest absolute Gasteiger partial charge is 0.335 e. The number of hydrogen-bond donors (Lipinski definition) is 1. The lowest BCUT2D eigenvalue weighted by atomic mass is 9.88. The van der Waals surface area contributed by atoms with Gasteiger partial charge in [0.1, 0.15) is 34.9 Å². The molecule has 8 heteroatoms. The normalized spacial score (nSPS) is 14.8. The van der Waals surface area contributed by atoms with Crippen molar-refractivity contribution >= 4 is 22.9 Å². The molecule has 5 aromatic rings. The molecule has 3 aromatic carbocycles. The predicted molar refractivity (Wildman–Crippen MR) is 131 cm³/mol. The Morgan fingerprint density at radius 2 is 1.62 bits per heavy atom. The molecule has 0 saturated carbocycles. The number of halogens is 1. The molecule has 1 atom stereocenters. The fourth-order valence-corrected chi connectivity index (χ4v) is 4.60. The van der Waals surface area contributed by atoms with Crippen LogP contribution in [0.15, 0.2) is 92.7 Å². The summed E-state index contributed by atoms with van der Waals surface area (Å²) in [7, 11) is 0. The Hall–Kier alpha value is -4.98. The van der Waals surface area contributed by atoms with Gasteiger partial charge in [-0.15, -0.1) is 0 Å². The topological polar surface area (TPSA) is 107 Å². The van der Waals surface area contributed by atoms with E-state index in [0.717, 1.165) is 0 Å². The van der Waals surface area contributed by atoms with Crippen LogP contribution < -0.4 is 10.2 Å². The Bertz CT molecular complexity index is 1740. The lowest BCUT2D eigenvalue weighted by Crippen LogP contribution is -2.21. The van der Waals surface area contributed by atoms with Gasteiger partial charge < -0.3 is 18.7 Å². The molecule has 37 heavy (non-hydrogen) atoms. The van der Waals surface area contributed by atoms with Crippen LogP contribution in [0.25, 0.3) is 33.4 Å². The minimum absolute atomic E-state index is 0.0273. The summed E-state index contributed by atoms with van der Waals surface area (Å²) in [4.78, 5) is 36.9. The number of fused-ring (bicyclic) bond motifs is 3. The first-order valence-electron chi connectivity index (χ1n) is 11.4. The highest BCUT2D eigenvalue weighted by Gasteiger charge is 2.34. The van der Waals surface area contributed by atoms with Crippen molar-refractivity contribution in [1.82, 2.24) is 0 Å². The number of carboxylic acid groups (broad SMARTS) is 1. The Balaban J connectivity index is 1.45. The average Bonchev–Trinajstić information content (AvgIpc) is 3.39. The quantitative estimate of drug-likeness (QED) is 0.240. The molecule has 0 amide bonds. The molecule has 6 rings (SSSR count). The van der Waals surface area contributed by atoms with E-state index < -0.39 is 23.7 Å². The van der Waals surface area contributed by atoms with Crippen LogP contribution in [0.1, 0.15) is 34.0 Å². The second-order valence-electron chi connectivity index (χ2n) is 8.65. The minimum Gasteiger partial charge on any atom is -0.478 e. The maximum Gasteiger partial charge on any atom is 0.335 e. The first-order chi connectivity index (χ1) is 17.9. The van der Waals surface area contributed by atoms with Crippen LogP contribution in [0, 0.1) is 5.82 Å². The van der Waals surface area contributed by atoms with Crippen LogP contribution in [0.5, 0.6) is 5.75 Å². The number of furan rings is 1. The summed E-state index contributed by atoms with van der Waals surface area (Å²) in [6.45, 7) is 0. The number of carboxylic acids is 1. The Morgan fingerprint density at radius 3 is 2.35 bits per heavy atom. The van der Waals surface area contributed by atoms with Crippen LogP contribution in [0.2, 0.25) is 0 Å². The number of hydrogen-bond acceptors (Lipinski definition) is 6. The van der Waals surface area contributed by atoms with E-state index in [1.165, 1.54) is 42.7 Å². The van der Waals surface area contributed by atoms with Crippen LogP contribution in [0.3, 0.4) is 0 Å². The molecule has 0 aliphatic carbocycles. The first kappa shape index (κ1) is 22.5.